The van der Waals surface area contributed by atoms with Crippen molar-refractivity contribution in [1.82, 2.24) is 10.2 Å². The lowest BCUT2D eigenvalue weighted by molar-refractivity contribution is -0.139. The lowest BCUT2D eigenvalue weighted by Gasteiger charge is -2.32. The normalized spacial score (nSPS) is 12.3. The van der Waals surface area contributed by atoms with Crippen molar-refractivity contribution in [1.29, 1.82) is 0 Å². The molecule has 2 amide bonds. The van der Waals surface area contributed by atoms with E-state index in [4.69, 9.17) is 4.74 Å². The highest BCUT2D eigenvalue weighted by Crippen LogP contribution is 2.28. The van der Waals surface area contributed by atoms with Crippen LogP contribution in [0.1, 0.15) is 26.3 Å². The van der Waals surface area contributed by atoms with Crippen molar-refractivity contribution in [2.24, 2.45) is 0 Å². The molecule has 0 fully saturated rings. The minimum atomic E-state index is -3.82. The van der Waals surface area contributed by atoms with Crippen molar-refractivity contribution in [2.45, 2.75) is 39.4 Å². The Balaban J connectivity index is 2.00. The van der Waals surface area contributed by atoms with E-state index in [9.17, 15) is 18.0 Å². The van der Waals surface area contributed by atoms with Crippen LogP contribution in [0, 0.1) is 0 Å². The predicted molar refractivity (Wildman–Crippen MR) is 142 cm³/mol. The molecule has 0 aliphatic carbocycles. The highest BCUT2D eigenvalue weighted by Gasteiger charge is 2.30. The van der Waals surface area contributed by atoms with Crippen LogP contribution in [0.2, 0.25) is 0 Å². The SMILES string of the molecule is COc1cccc(CN(C(=O)CN(c2cccc3ccccc23)S(C)(=O)=O)[C@@H](C)C(=O)NC(C)C)c1. The van der Waals surface area contributed by atoms with Crippen LogP contribution in [0.3, 0.4) is 0 Å². The molecule has 3 rings (SSSR count). The summed E-state index contributed by atoms with van der Waals surface area (Å²) < 4.78 is 32.2. The van der Waals surface area contributed by atoms with Crippen LogP contribution in [0.25, 0.3) is 10.8 Å². The lowest BCUT2D eigenvalue weighted by Crippen LogP contribution is -2.52. The fraction of sp³-hybridized carbons (Fsp3) is 0.333. The molecule has 3 aromatic rings. The van der Waals surface area contributed by atoms with E-state index in [1.165, 1.54) is 4.90 Å². The first-order valence-electron chi connectivity index (χ1n) is 11.7. The Labute approximate surface area is 212 Å². The Kier molecular flexibility index (Phi) is 8.57. The molecular formula is C27H33N3O5S. The number of carbonyl (C=O) groups is 2. The van der Waals surface area contributed by atoms with Gasteiger partial charge in [-0.15, -0.1) is 0 Å². The van der Waals surface area contributed by atoms with Crippen LogP contribution < -0.4 is 14.4 Å². The summed E-state index contributed by atoms with van der Waals surface area (Å²) in [7, 11) is -2.27. The average molecular weight is 512 g/mol. The van der Waals surface area contributed by atoms with E-state index in [0.717, 1.165) is 21.5 Å². The monoisotopic (exact) mass is 511 g/mol. The van der Waals surface area contributed by atoms with Crippen molar-refractivity contribution in [2.75, 3.05) is 24.2 Å². The Morgan fingerprint density at radius 2 is 1.64 bits per heavy atom. The molecule has 192 valence electrons. The number of hydrogen-bond acceptors (Lipinski definition) is 5. The maximum atomic E-state index is 13.7. The lowest BCUT2D eigenvalue weighted by atomic mass is 10.1. The molecule has 0 bridgehead atoms. The third kappa shape index (κ3) is 6.54. The highest BCUT2D eigenvalue weighted by molar-refractivity contribution is 7.92. The van der Waals surface area contributed by atoms with E-state index in [2.05, 4.69) is 5.32 Å². The Morgan fingerprint density at radius 3 is 2.31 bits per heavy atom. The number of anilines is 1. The topological polar surface area (TPSA) is 96.0 Å². The second-order valence-corrected chi connectivity index (χ2v) is 10.9. The maximum absolute atomic E-state index is 13.7. The van der Waals surface area contributed by atoms with Gasteiger partial charge in [-0.25, -0.2) is 8.42 Å². The summed E-state index contributed by atoms with van der Waals surface area (Å²) >= 11 is 0. The van der Waals surface area contributed by atoms with E-state index < -0.39 is 28.5 Å². The van der Waals surface area contributed by atoms with Gasteiger partial charge in [-0.1, -0.05) is 48.5 Å². The van der Waals surface area contributed by atoms with Crippen LogP contribution in [0.5, 0.6) is 5.75 Å². The van der Waals surface area contributed by atoms with Gasteiger partial charge in [0.25, 0.3) is 0 Å². The summed E-state index contributed by atoms with van der Waals surface area (Å²) in [5.74, 6) is -0.201. The number of rotatable bonds is 10. The number of nitrogens with one attached hydrogen (secondary N) is 1. The zero-order valence-corrected chi connectivity index (χ0v) is 22.1. The maximum Gasteiger partial charge on any atom is 0.244 e. The Morgan fingerprint density at radius 1 is 0.972 bits per heavy atom. The van der Waals surface area contributed by atoms with Gasteiger partial charge in [0, 0.05) is 18.0 Å². The van der Waals surface area contributed by atoms with Gasteiger partial charge in [-0.3, -0.25) is 13.9 Å². The molecule has 8 nitrogen and oxygen atoms in total. The van der Waals surface area contributed by atoms with Crippen LogP contribution in [-0.2, 0) is 26.2 Å². The number of nitrogens with zero attached hydrogens (tertiary/aromatic N) is 2. The minimum absolute atomic E-state index is 0.107. The van der Waals surface area contributed by atoms with E-state index in [1.807, 2.05) is 50.2 Å². The molecule has 0 aromatic heterocycles. The summed E-state index contributed by atoms with van der Waals surface area (Å²) in [6.45, 7) is 4.97. The number of carbonyl (C=O) groups excluding carboxylic acids is 2. The number of sulfonamides is 1. The first-order valence-corrected chi connectivity index (χ1v) is 13.5. The fourth-order valence-corrected chi connectivity index (χ4v) is 4.84. The number of benzene rings is 3. The second-order valence-electron chi connectivity index (χ2n) is 8.98. The van der Waals surface area contributed by atoms with Crippen LogP contribution >= 0.6 is 0 Å². The highest BCUT2D eigenvalue weighted by atomic mass is 32.2. The average Bonchev–Trinajstić information content (AvgIpc) is 2.84. The smallest absolute Gasteiger partial charge is 0.244 e. The molecule has 0 unspecified atom stereocenters. The molecule has 0 spiro atoms. The standard InChI is InChI=1S/C27H33N3O5S/c1-19(2)28-27(32)20(3)29(17-21-10-8-13-23(16-21)35-4)26(31)18-30(36(5,33)34)25-15-9-12-22-11-6-7-14-24(22)25/h6-16,19-20H,17-18H2,1-5H3,(H,28,32)/t20-/m0/s1. The summed E-state index contributed by atoms with van der Waals surface area (Å²) in [6.07, 6.45) is 1.07. The van der Waals surface area contributed by atoms with Gasteiger partial charge in [-0.2, -0.15) is 0 Å². The van der Waals surface area contributed by atoms with Crippen molar-refractivity contribution in [3.05, 3.63) is 72.3 Å². The molecule has 0 aliphatic heterocycles. The second kappa shape index (κ2) is 11.4. The van der Waals surface area contributed by atoms with Gasteiger partial charge >= 0.3 is 0 Å². The zero-order chi connectivity index (χ0) is 26.5. The van der Waals surface area contributed by atoms with Gasteiger partial charge < -0.3 is 15.0 Å². The molecule has 1 N–H and O–H groups in total. The van der Waals surface area contributed by atoms with Crippen LogP contribution in [-0.4, -0.2) is 57.1 Å². The van der Waals surface area contributed by atoms with Gasteiger partial charge in [0.1, 0.15) is 18.3 Å². The van der Waals surface area contributed by atoms with Crippen molar-refractivity contribution in [3.63, 3.8) is 0 Å². The van der Waals surface area contributed by atoms with Crippen LogP contribution in [0.4, 0.5) is 5.69 Å². The molecule has 0 saturated heterocycles. The number of amides is 2. The van der Waals surface area contributed by atoms with E-state index >= 15 is 0 Å². The fourth-order valence-electron chi connectivity index (χ4n) is 3.98. The number of ether oxygens (including phenoxy) is 1. The van der Waals surface area contributed by atoms with Gasteiger partial charge in [0.05, 0.1) is 19.1 Å². The summed E-state index contributed by atoms with van der Waals surface area (Å²) in [6, 6.07) is 19.0. The van der Waals surface area contributed by atoms with E-state index in [1.54, 1.807) is 44.4 Å². The number of methoxy groups -OCH3 is 1. The third-order valence-corrected chi connectivity index (χ3v) is 6.93. The first-order chi connectivity index (χ1) is 17.0. The van der Waals surface area contributed by atoms with Gasteiger partial charge in [0.2, 0.25) is 21.8 Å². The number of fused-ring (bicyclic) bond motifs is 1. The summed E-state index contributed by atoms with van der Waals surface area (Å²) in [5, 5.41) is 4.40. The largest absolute Gasteiger partial charge is 0.497 e. The van der Waals surface area contributed by atoms with Crippen molar-refractivity contribution >= 4 is 38.3 Å². The quantitative estimate of drug-likeness (QED) is 0.449. The van der Waals surface area contributed by atoms with Crippen LogP contribution in [0.15, 0.2) is 66.7 Å². The number of hydrogen-bond donors (Lipinski definition) is 1. The van der Waals surface area contributed by atoms with E-state index in [0.29, 0.717) is 16.8 Å². The summed E-state index contributed by atoms with van der Waals surface area (Å²) in [4.78, 5) is 28.0. The van der Waals surface area contributed by atoms with Crippen molar-refractivity contribution < 1.29 is 22.7 Å². The molecule has 0 aliphatic rings. The van der Waals surface area contributed by atoms with Gasteiger partial charge in [0.15, 0.2) is 0 Å². The molecule has 0 saturated carbocycles. The third-order valence-electron chi connectivity index (χ3n) is 5.80. The first kappa shape index (κ1) is 27.0. The minimum Gasteiger partial charge on any atom is -0.497 e. The predicted octanol–water partition coefficient (Wildman–Crippen LogP) is 3.56. The molecular weight excluding hydrogens is 478 g/mol. The molecule has 3 aromatic carbocycles. The summed E-state index contributed by atoms with van der Waals surface area (Å²) in [5.41, 5.74) is 1.16. The van der Waals surface area contributed by atoms with Crippen molar-refractivity contribution in [3.8, 4) is 5.75 Å². The molecule has 0 radical (unpaired) electrons. The van der Waals surface area contributed by atoms with E-state index in [-0.39, 0.29) is 18.5 Å². The van der Waals surface area contributed by atoms with Gasteiger partial charge in [-0.05, 0) is 49.9 Å². The zero-order valence-electron chi connectivity index (χ0n) is 21.3. The Hall–Kier alpha value is -3.59. The Bertz CT molecular complexity index is 1330. The molecule has 9 heteroatoms. The molecule has 36 heavy (non-hydrogen) atoms. The molecule has 1 atom stereocenters. The molecule has 0 heterocycles.